The maximum atomic E-state index is 13.6. The second-order valence-electron chi connectivity index (χ2n) is 7.21. The molecule has 0 fully saturated rings. The average Bonchev–Trinajstić information content (AvgIpc) is 2.83. The molecule has 0 bridgehead atoms. The summed E-state index contributed by atoms with van der Waals surface area (Å²) in [6.45, 7) is 4.07. The number of ether oxygens (including phenoxy) is 2. The molecule has 33 heavy (non-hydrogen) atoms. The molecule has 0 saturated carbocycles. The molecule has 0 saturated heterocycles. The monoisotopic (exact) mass is 449 g/mol. The number of hydrogen-bond donors (Lipinski definition) is 2. The lowest BCUT2D eigenvalue weighted by Gasteiger charge is -2.12. The molecule has 0 aliphatic rings. The highest BCUT2D eigenvalue weighted by atomic mass is 19.1. The van der Waals surface area contributed by atoms with Gasteiger partial charge in [-0.05, 0) is 49.7 Å². The number of carbonyl (C=O) groups excluding carboxylic acids is 2. The molecular formula is C25H24FN3O4. The Morgan fingerprint density at radius 2 is 1.70 bits per heavy atom. The minimum absolute atomic E-state index is 0.0932. The van der Waals surface area contributed by atoms with Crippen molar-refractivity contribution in [3.8, 4) is 11.5 Å². The zero-order chi connectivity index (χ0) is 23.8. The molecule has 0 aliphatic heterocycles. The molecule has 0 radical (unpaired) electrons. The number of hydrazone groups is 1. The summed E-state index contributed by atoms with van der Waals surface area (Å²) in [5.74, 6) is -1.65. The molecular weight excluding hydrogens is 425 g/mol. The smallest absolute Gasteiger partial charge is 0.329 e. The quantitative estimate of drug-likeness (QED) is 0.321. The van der Waals surface area contributed by atoms with Crippen LogP contribution in [0.1, 0.15) is 23.6 Å². The zero-order valence-electron chi connectivity index (χ0n) is 18.5. The molecule has 170 valence electrons. The molecule has 7 nitrogen and oxygen atoms in total. The van der Waals surface area contributed by atoms with Gasteiger partial charge >= 0.3 is 11.8 Å². The second kappa shape index (κ2) is 10.9. The molecule has 0 aromatic heterocycles. The molecule has 0 spiro atoms. The van der Waals surface area contributed by atoms with Crippen molar-refractivity contribution in [2.75, 3.05) is 12.4 Å². The van der Waals surface area contributed by atoms with Crippen LogP contribution in [0.25, 0.3) is 0 Å². The first-order chi connectivity index (χ1) is 15.9. The van der Waals surface area contributed by atoms with Crippen LogP contribution in [0.3, 0.4) is 0 Å². The van der Waals surface area contributed by atoms with Gasteiger partial charge in [0.1, 0.15) is 12.4 Å². The van der Waals surface area contributed by atoms with E-state index < -0.39 is 17.6 Å². The van der Waals surface area contributed by atoms with Crippen LogP contribution in [0.5, 0.6) is 11.5 Å². The van der Waals surface area contributed by atoms with Crippen LogP contribution in [0.15, 0.2) is 71.8 Å². The highest BCUT2D eigenvalue weighted by Gasteiger charge is 2.15. The first kappa shape index (κ1) is 23.5. The van der Waals surface area contributed by atoms with E-state index in [0.717, 1.165) is 5.56 Å². The average molecular weight is 449 g/mol. The van der Waals surface area contributed by atoms with E-state index >= 15 is 0 Å². The number of aryl methyl sites for hydroxylation is 1. The van der Waals surface area contributed by atoms with Crippen LogP contribution >= 0.6 is 0 Å². The van der Waals surface area contributed by atoms with Crippen LogP contribution < -0.4 is 20.2 Å². The van der Waals surface area contributed by atoms with Crippen molar-refractivity contribution in [2.24, 2.45) is 5.10 Å². The Labute approximate surface area is 191 Å². The maximum absolute atomic E-state index is 13.6. The van der Waals surface area contributed by atoms with Crippen molar-refractivity contribution in [2.45, 2.75) is 20.5 Å². The van der Waals surface area contributed by atoms with Gasteiger partial charge in [0.2, 0.25) is 0 Å². The van der Waals surface area contributed by atoms with Crippen molar-refractivity contribution in [3.05, 3.63) is 89.2 Å². The van der Waals surface area contributed by atoms with Crippen molar-refractivity contribution in [1.29, 1.82) is 0 Å². The Kier molecular flexibility index (Phi) is 7.75. The van der Waals surface area contributed by atoms with Crippen molar-refractivity contribution in [1.82, 2.24) is 5.43 Å². The van der Waals surface area contributed by atoms with E-state index in [1.165, 1.54) is 30.9 Å². The summed E-state index contributed by atoms with van der Waals surface area (Å²) in [6, 6.07) is 18.8. The lowest BCUT2D eigenvalue weighted by molar-refractivity contribution is -0.136. The molecule has 3 rings (SSSR count). The molecule has 8 heteroatoms. The highest BCUT2D eigenvalue weighted by Crippen LogP contribution is 2.29. The van der Waals surface area contributed by atoms with Gasteiger partial charge in [0, 0.05) is 5.56 Å². The van der Waals surface area contributed by atoms with E-state index in [0.29, 0.717) is 29.4 Å². The summed E-state index contributed by atoms with van der Waals surface area (Å²) < 4.78 is 24.9. The topological polar surface area (TPSA) is 89.0 Å². The number of carbonyl (C=O) groups is 2. The number of nitrogens with one attached hydrogen (secondary N) is 2. The number of hydrogen-bond acceptors (Lipinski definition) is 5. The van der Waals surface area contributed by atoms with E-state index in [2.05, 4.69) is 15.8 Å². The predicted molar refractivity (Wildman–Crippen MR) is 124 cm³/mol. The number of nitrogens with zero attached hydrogens (tertiary/aromatic N) is 1. The third-order valence-corrected chi connectivity index (χ3v) is 4.75. The second-order valence-corrected chi connectivity index (χ2v) is 7.21. The van der Waals surface area contributed by atoms with E-state index in [1.807, 2.05) is 31.2 Å². The summed E-state index contributed by atoms with van der Waals surface area (Å²) in [5.41, 5.74) is 5.37. The summed E-state index contributed by atoms with van der Waals surface area (Å²) >= 11 is 0. The van der Waals surface area contributed by atoms with Gasteiger partial charge in [0.15, 0.2) is 11.5 Å². The maximum Gasteiger partial charge on any atom is 0.329 e. The molecule has 2 amide bonds. The predicted octanol–water partition coefficient (Wildman–Crippen LogP) is 4.20. The standard InChI is InChI=1S/C25H24FN3O4/c1-16-8-10-18(11-9-16)15-33-22-13-12-19(14-23(22)32-3)17(2)28-29-25(31)24(30)27-21-7-5-4-6-20(21)26/h4-14H,15H2,1-3H3,(H,27,30)(H,29,31)/b28-17+. The van der Waals surface area contributed by atoms with Crippen LogP contribution in [-0.2, 0) is 16.2 Å². The largest absolute Gasteiger partial charge is 0.493 e. The molecule has 0 atom stereocenters. The number of anilines is 1. The first-order valence-electron chi connectivity index (χ1n) is 10.1. The Hall–Kier alpha value is -4.20. The van der Waals surface area contributed by atoms with Crippen LogP contribution in [0, 0.1) is 12.7 Å². The Morgan fingerprint density at radius 1 is 0.970 bits per heavy atom. The van der Waals surface area contributed by atoms with Gasteiger partial charge in [0.05, 0.1) is 18.5 Å². The normalized spacial score (nSPS) is 11.0. The number of halogens is 1. The molecule has 2 N–H and O–H groups in total. The van der Waals surface area contributed by atoms with E-state index in [-0.39, 0.29) is 5.69 Å². The number of para-hydroxylation sites is 1. The molecule has 0 unspecified atom stereocenters. The van der Waals surface area contributed by atoms with Crippen LogP contribution in [0.2, 0.25) is 0 Å². The molecule has 0 aliphatic carbocycles. The summed E-state index contributed by atoms with van der Waals surface area (Å²) in [7, 11) is 1.53. The van der Waals surface area contributed by atoms with Gasteiger partial charge in [-0.25, -0.2) is 9.82 Å². The minimum Gasteiger partial charge on any atom is -0.493 e. The number of rotatable bonds is 7. The first-order valence-corrected chi connectivity index (χ1v) is 10.1. The summed E-state index contributed by atoms with van der Waals surface area (Å²) in [5, 5.41) is 6.15. The van der Waals surface area contributed by atoms with Crippen LogP contribution in [0.4, 0.5) is 10.1 Å². The van der Waals surface area contributed by atoms with Crippen molar-refractivity contribution >= 4 is 23.2 Å². The summed E-state index contributed by atoms with van der Waals surface area (Å²) in [6.07, 6.45) is 0. The van der Waals surface area contributed by atoms with Gasteiger partial charge in [-0.15, -0.1) is 0 Å². The van der Waals surface area contributed by atoms with Crippen molar-refractivity contribution < 1.29 is 23.5 Å². The third kappa shape index (κ3) is 6.39. The summed E-state index contributed by atoms with van der Waals surface area (Å²) in [4.78, 5) is 24.0. The molecule has 3 aromatic carbocycles. The number of methoxy groups -OCH3 is 1. The fourth-order valence-corrected chi connectivity index (χ4v) is 2.85. The lowest BCUT2D eigenvalue weighted by atomic mass is 10.1. The van der Waals surface area contributed by atoms with Gasteiger partial charge in [-0.1, -0.05) is 42.0 Å². The zero-order valence-corrected chi connectivity index (χ0v) is 18.5. The number of benzene rings is 3. The minimum atomic E-state index is -1.03. The van der Waals surface area contributed by atoms with E-state index in [4.69, 9.17) is 9.47 Å². The highest BCUT2D eigenvalue weighted by molar-refractivity contribution is 6.39. The van der Waals surface area contributed by atoms with Gasteiger partial charge in [0.25, 0.3) is 0 Å². The van der Waals surface area contributed by atoms with E-state index in [1.54, 1.807) is 31.2 Å². The number of amides is 2. The van der Waals surface area contributed by atoms with Gasteiger partial charge in [-0.2, -0.15) is 5.10 Å². The Bertz CT molecular complexity index is 1180. The molecule has 0 heterocycles. The fourth-order valence-electron chi connectivity index (χ4n) is 2.85. The van der Waals surface area contributed by atoms with Crippen LogP contribution in [-0.4, -0.2) is 24.6 Å². The fraction of sp³-hybridized carbons (Fsp3) is 0.160. The molecule has 3 aromatic rings. The van der Waals surface area contributed by atoms with Crippen molar-refractivity contribution in [3.63, 3.8) is 0 Å². The SMILES string of the molecule is COc1cc(/C(C)=N/NC(=O)C(=O)Nc2ccccc2F)ccc1OCc1ccc(C)cc1. The van der Waals surface area contributed by atoms with Gasteiger partial charge in [-0.3, -0.25) is 9.59 Å². The Morgan fingerprint density at radius 3 is 2.39 bits per heavy atom. The lowest BCUT2D eigenvalue weighted by Crippen LogP contribution is -2.33. The third-order valence-electron chi connectivity index (χ3n) is 4.75. The van der Waals surface area contributed by atoms with E-state index in [9.17, 15) is 14.0 Å². The van der Waals surface area contributed by atoms with Gasteiger partial charge < -0.3 is 14.8 Å². The Balaban J connectivity index is 1.63.